The molecule has 0 aromatic heterocycles. The lowest BCUT2D eigenvalue weighted by atomic mass is 9.72. The molecule has 3 rings (SSSR count). The van der Waals surface area contributed by atoms with Crippen LogP contribution in [0.2, 0.25) is 0 Å². The first-order valence-corrected chi connectivity index (χ1v) is 6.87. The zero-order valence-corrected chi connectivity index (χ0v) is 11.3. The first-order valence-electron chi connectivity index (χ1n) is 6.87. The molecule has 2 heterocycles. The summed E-state index contributed by atoms with van der Waals surface area (Å²) in [7, 11) is 1.61. The molecule has 2 aliphatic heterocycles. The van der Waals surface area contributed by atoms with Crippen LogP contribution in [0.1, 0.15) is 23.2 Å². The Bertz CT molecular complexity index is 473. The van der Waals surface area contributed by atoms with Gasteiger partial charge in [-0.25, -0.2) is 0 Å². The number of carbonyl (C=O) groups is 1. The number of para-hydroxylation sites is 1. The Hall–Kier alpha value is -1.55. The highest BCUT2D eigenvalue weighted by Gasteiger charge is 2.45. The van der Waals surface area contributed by atoms with Crippen molar-refractivity contribution in [2.75, 3.05) is 33.3 Å². The SMILES string of the molecule is COc1ccccc1C(=O)N1CC2(CCNCC2)C1. The Morgan fingerprint density at radius 2 is 1.95 bits per heavy atom. The zero-order valence-electron chi connectivity index (χ0n) is 11.3. The van der Waals surface area contributed by atoms with E-state index in [0.29, 0.717) is 16.7 Å². The molecule has 1 aromatic carbocycles. The summed E-state index contributed by atoms with van der Waals surface area (Å²) in [5.41, 5.74) is 1.05. The fourth-order valence-electron chi connectivity index (χ4n) is 3.17. The van der Waals surface area contributed by atoms with Crippen molar-refractivity contribution in [2.24, 2.45) is 5.41 Å². The summed E-state index contributed by atoms with van der Waals surface area (Å²) in [5.74, 6) is 0.764. The van der Waals surface area contributed by atoms with Gasteiger partial charge < -0.3 is 15.0 Å². The van der Waals surface area contributed by atoms with Crippen LogP contribution in [0, 0.1) is 5.41 Å². The van der Waals surface area contributed by atoms with E-state index in [9.17, 15) is 4.79 Å². The smallest absolute Gasteiger partial charge is 0.257 e. The highest BCUT2D eigenvalue weighted by Crippen LogP contribution is 2.39. The summed E-state index contributed by atoms with van der Waals surface area (Å²) in [6.45, 7) is 3.95. The molecule has 1 amide bonds. The van der Waals surface area contributed by atoms with E-state index in [4.69, 9.17) is 4.74 Å². The molecule has 0 atom stereocenters. The fourth-order valence-corrected chi connectivity index (χ4v) is 3.17. The predicted molar refractivity (Wildman–Crippen MR) is 73.4 cm³/mol. The Morgan fingerprint density at radius 3 is 2.63 bits per heavy atom. The summed E-state index contributed by atoms with van der Waals surface area (Å²) in [6, 6.07) is 7.46. The van der Waals surface area contributed by atoms with Crippen LogP contribution in [0.5, 0.6) is 5.75 Å². The van der Waals surface area contributed by atoms with Gasteiger partial charge in [0.15, 0.2) is 0 Å². The maximum absolute atomic E-state index is 12.5. The molecular formula is C15H20N2O2. The van der Waals surface area contributed by atoms with E-state index >= 15 is 0 Å². The Balaban J connectivity index is 1.69. The van der Waals surface area contributed by atoms with E-state index in [0.717, 1.165) is 26.2 Å². The molecular weight excluding hydrogens is 240 g/mol. The summed E-state index contributed by atoms with van der Waals surface area (Å²) in [4.78, 5) is 14.4. The van der Waals surface area contributed by atoms with E-state index in [-0.39, 0.29) is 5.91 Å². The van der Waals surface area contributed by atoms with Crippen molar-refractivity contribution in [3.8, 4) is 5.75 Å². The van der Waals surface area contributed by atoms with Gasteiger partial charge in [0.1, 0.15) is 5.75 Å². The number of piperidine rings is 1. The Kier molecular flexibility index (Phi) is 3.19. The quantitative estimate of drug-likeness (QED) is 0.876. The van der Waals surface area contributed by atoms with Gasteiger partial charge in [-0.2, -0.15) is 0 Å². The van der Waals surface area contributed by atoms with E-state index in [1.807, 2.05) is 29.2 Å². The van der Waals surface area contributed by atoms with E-state index < -0.39 is 0 Å². The number of nitrogens with one attached hydrogen (secondary N) is 1. The molecule has 0 saturated carbocycles. The minimum absolute atomic E-state index is 0.0987. The van der Waals surface area contributed by atoms with Crippen LogP contribution in [0.15, 0.2) is 24.3 Å². The molecule has 2 aliphatic rings. The van der Waals surface area contributed by atoms with Crippen molar-refractivity contribution in [1.82, 2.24) is 10.2 Å². The summed E-state index contributed by atoms with van der Waals surface area (Å²) in [6.07, 6.45) is 2.37. The molecule has 1 N–H and O–H groups in total. The molecule has 4 heteroatoms. The average molecular weight is 260 g/mol. The van der Waals surface area contributed by atoms with Gasteiger partial charge in [0.2, 0.25) is 0 Å². The first-order chi connectivity index (χ1) is 9.24. The number of carbonyl (C=O) groups excluding carboxylic acids is 1. The van der Waals surface area contributed by atoms with Gasteiger partial charge in [0.25, 0.3) is 5.91 Å². The van der Waals surface area contributed by atoms with Crippen molar-refractivity contribution in [1.29, 1.82) is 0 Å². The van der Waals surface area contributed by atoms with Gasteiger partial charge in [-0.05, 0) is 38.1 Å². The van der Waals surface area contributed by atoms with Gasteiger partial charge >= 0.3 is 0 Å². The molecule has 0 radical (unpaired) electrons. The van der Waals surface area contributed by atoms with E-state index in [1.54, 1.807) is 7.11 Å². The summed E-state index contributed by atoms with van der Waals surface area (Å²) in [5, 5.41) is 3.38. The second kappa shape index (κ2) is 4.85. The van der Waals surface area contributed by atoms with Crippen LogP contribution in [0.25, 0.3) is 0 Å². The van der Waals surface area contributed by atoms with Crippen LogP contribution in [-0.4, -0.2) is 44.1 Å². The van der Waals surface area contributed by atoms with Crippen LogP contribution in [0.4, 0.5) is 0 Å². The number of amides is 1. The molecule has 0 bridgehead atoms. The van der Waals surface area contributed by atoms with Crippen molar-refractivity contribution < 1.29 is 9.53 Å². The standard InChI is InChI=1S/C15H20N2O2/c1-19-13-5-3-2-4-12(13)14(18)17-10-15(11-17)6-8-16-9-7-15/h2-5,16H,6-11H2,1H3. The van der Waals surface area contributed by atoms with Crippen molar-refractivity contribution in [2.45, 2.75) is 12.8 Å². The van der Waals surface area contributed by atoms with Gasteiger partial charge in [0.05, 0.1) is 12.7 Å². The number of hydrogen-bond donors (Lipinski definition) is 1. The predicted octanol–water partition coefficient (Wildman–Crippen LogP) is 1.52. The molecule has 1 aromatic rings. The highest BCUT2D eigenvalue weighted by atomic mass is 16.5. The number of likely N-dealkylation sites (tertiary alicyclic amines) is 1. The van der Waals surface area contributed by atoms with Crippen molar-refractivity contribution in [3.05, 3.63) is 29.8 Å². The molecule has 4 nitrogen and oxygen atoms in total. The number of hydrogen-bond acceptors (Lipinski definition) is 3. The second-order valence-electron chi connectivity index (χ2n) is 5.61. The lowest BCUT2D eigenvalue weighted by Crippen LogP contribution is -2.61. The third kappa shape index (κ3) is 2.21. The van der Waals surface area contributed by atoms with Crippen LogP contribution in [0.3, 0.4) is 0 Å². The maximum Gasteiger partial charge on any atom is 0.257 e. The second-order valence-corrected chi connectivity index (χ2v) is 5.61. The Labute approximate surface area is 113 Å². The van der Waals surface area contributed by atoms with Crippen molar-refractivity contribution >= 4 is 5.91 Å². The lowest BCUT2D eigenvalue weighted by molar-refractivity contribution is -0.0115. The molecule has 0 unspecified atom stereocenters. The number of methoxy groups -OCH3 is 1. The van der Waals surface area contributed by atoms with Crippen molar-refractivity contribution in [3.63, 3.8) is 0 Å². The Morgan fingerprint density at radius 1 is 1.26 bits per heavy atom. The average Bonchev–Trinajstić information content (AvgIpc) is 2.44. The van der Waals surface area contributed by atoms with Gasteiger partial charge in [0, 0.05) is 18.5 Å². The van der Waals surface area contributed by atoms with Crippen LogP contribution in [-0.2, 0) is 0 Å². The van der Waals surface area contributed by atoms with E-state index in [2.05, 4.69) is 5.32 Å². The van der Waals surface area contributed by atoms with Gasteiger partial charge in [-0.1, -0.05) is 12.1 Å². The zero-order chi connectivity index (χ0) is 13.3. The highest BCUT2D eigenvalue weighted by molar-refractivity contribution is 5.97. The van der Waals surface area contributed by atoms with Gasteiger partial charge in [-0.15, -0.1) is 0 Å². The molecule has 1 spiro atoms. The fraction of sp³-hybridized carbons (Fsp3) is 0.533. The summed E-state index contributed by atoms with van der Waals surface area (Å²) < 4.78 is 5.26. The number of rotatable bonds is 2. The summed E-state index contributed by atoms with van der Waals surface area (Å²) >= 11 is 0. The maximum atomic E-state index is 12.5. The number of ether oxygens (including phenoxy) is 1. The number of benzene rings is 1. The van der Waals surface area contributed by atoms with Gasteiger partial charge in [-0.3, -0.25) is 4.79 Å². The van der Waals surface area contributed by atoms with Crippen LogP contribution < -0.4 is 10.1 Å². The largest absolute Gasteiger partial charge is 0.496 e. The third-order valence-electron chi connectivity index (χ3n) is 4.34. The normalized spacial score (nSPS) is 21.0. The van der Waals surface area contributed by atoms with Crippen LogP contribution >= 0.6 is 0 Å². The third-order valence-corrected chi connectivity index (χ3v) is 4.34. The molecule has 102 valence electrons. The molecule has 19 heavy (non-hydrogen) atoms. The lowest BCUT2D eigenvalue weighted by Gasteiger charge is -2.52. The monoisotopic (exact) mass is 260 g/mol. The van der Waals surface area contributed by atoms with E-state index in [1.165, 1.54) is 12.8 Å². The molecule has 2 saturated heterocycles. The first kappa shape index (κ1) is 12.5. The molecule has 0 aliphatic carbocycles. The minimum atomic E-state index is 0.0987. The molecule has 2 fully saturated rings. The topological polar surface area (TPSA) is 41.6 Å². The number of nitrogens with zero attached hydrogens (tertiary/aromatic N) is 1. The minimum Gasteiger partial charge on any atom is -0.496 e.